The van der Waals surface area contributed by atoms with E-state index in [1.165, 1.54) is 33.4 Å². The predicted molar refractivity (Wildman–Crippen MR) is 90.2 cm³/mol. The number of carbonyl (C=O) groups is 1. The molecule has 0 radical (unpaired) electrons. The van der Waals surface area contributed by atoms with Crippen molar-refractivity contribution in [3.8, 4) is 11.5 Å². The molecule has 7 nitrogen and oxygen atoms in total. The first-order valence-electron chi connectivity index (χ1n) is 6.99. The van der Waals surface area contributed by atoms with Gasteiger partial charge in [-0.1, -0.05) is 12.1 Å². The highest BCUT2D eigenvalue weighted by molar-refractivity contribution is 7.89. The molecule has 0 atom stereocenters. The van der Waals surface area contributed by atoms with Crippen LogP contribution in [0.3, 0.4) is 0 Å². The van der Waals surface area contributed by atoms with Crippen molar-refractivity contribution in [1.82, 2.24) is 4.72 Å². The van der Waals surface area contributed by atoms with Gasteiger partial charge in [0.05, 0.1) is 24.7 Å². The van der Waals surface area contributed by atoms with Gasteiger partial charge in [-0.25, -0.2) is 13.1 Å². The second-order valence-corrected chi connectivity index (χ2v) is 6.62. The summed E-state index contributed by atoms with van der Waals surface area (Å²) in [6.07, 6.45) is 0. The lowest BCUT2D eigenvalue weighted by Gasteiger charge is -2.13. The average molecular weight is 350 g/mol. The van der Waals surface area contributed by atoms with Crippen LogP contribution in [0.25, 0.3) is 0 Å². The molecule has 0 aliphatic rings. The van der Waals surface area contributed by atoms with E-state index in [4.69, 9.17) is 9.47 Å². The van der Waals surface area contributed by atoms with Crippen LogP contribution in [0.2, 0.25) is 0 Å². The van der Waals surface area contributed by atoms with Crippen molar-refractivity contribution < 1.29 is 22.7 Å². The molecule has 128 valence electrons. The van der Waals surface area contributed by atoms with Crippen LogP contribution < -0.4 is 19.5 Å². The largest absolute Gasteiger partial charge is 0.493 e. The molecule has 0 heterocycles. The molecule has 0 saturated heterocycles. The standard InChI is InChI=1S/C16H18N2O5S/c1-17-24(20,21)12-7-4-6-11(10-12)18-16(19)13-8-5-9-14(22-2)15(13)23-3/h4-10,17H,1-3H3,(H,18,19). The van der Waals surface area contributed by atoms with Gasteiger partial charge in [0.15, 0.2) is 11.5 Å². The predicted octanol–water partition coefficient (Wildman–Crippen LogP) is 1.86. The van der Waals surface area contributed by atoms with Gasteiger partial charge >= 0.3 is 0 Å². The van der Waals surface area contributed by atoms with E-state index in [-0.39, 0.29) is 10.5 Å². The molecule has 2 aromatic rings. The number of hydrogen-bond acceptors (Lipinski definition) is 5. The van der Waals surface area contributed by atoms with Crippen LogP contribution in [0.1, 0.15) is 10.4 Å². The van der Waals surface area contributed by atoms with Gasteiger partial charge in [-0.2, -0.15) is 0 Å². The fraction of sp³-hybridized carbons (Fsp3) is 0.188. The quantitative estimate of drug-likeness (QED) is 0.829. The molecule has 2 aromatic carbocycles. The molecule has 0 aromatic heterocycles. The minimum absolute atomic E-state index is 0.0559. The lowest BCUT2D eigenvalue weighted by Crippen LogP contribution is -2.19. The first-order chi connectivity index (χ1) is 11.4. The molecule has 24 heavy (non-hydrogen) atoms. The molecular weight excluding hydrogens is 332 g/mol. The van der Waals surface area contributed by atoms with Crippen molar-refractivity contribution in [3.63, 3.8) is 0 Å². The van der Waals surface area contributed by atoms with Crippen molar-refractivity contribution in [2.24, 2.45) is 0 Å². The van der Waals surface area contributed by atoms with E-state index >= 15 is 0 Å². The Labute approximate surface area is 140 Å². The Hall–Kier alpha value is -2.58. The van der Waals surface area contributed by atoms with E-state index in [2.05, 4.69) is 10.0 Å². The summed E-state index contributed by atoms with van der Waals surface area (Å²) in [5, 5.41) is 2.65. The molecule has 0 aliphatic heterocycles. The van der Waals surface area contributed by atoms with Crippen LogP contribution in [0.5, 0.6) is 11.5 Å². The van der Waals surface area contributed by atoms with Gasteiger partial charge < -0.3 is 14.8 Å². The van der Waals surface area contributed by atoms with Gasteiger partial charge in [0.1, 0.15) is 0 Å². The molecule has 2 rings (SSSR count). The van der Waals surface area contributed by atoms with Crippen molar-refractivity contribution >= 4 is 21.6 Å². The monoisotopic (exact) mass is 350 g/mol. The van der Waals surface area contributed by atoms with Crippen molar-refractivity contribution in [1.29, 1.82) is 0 Å². The fourth-order valence-corrected chi connectivity index (χ4v) is 2.90. The third-order valence-corrected chi connectivity index (χ3v) is 4.73. The summed E-state index contributed by atoms with van der Waals surface area (Å²) in [5.41, 5.74) is 0.625. The van der Waals surface area contributed by atoms with Gasteiger partial charge in [-0.15, -0.1) is 0 Å². The van der Waals surface area contributed by atoms with Gasteiger partial charge in [0, 0.05) is 5.69 Å². The number of para-hydroxylation sites is 1. The Morgan fingerprint density at radius 1 is 1.04 bits per heavy atom. The van der Waals surface area contributed by atoms with Crippen LogP contribution >= 0.6 is 0 Å². The Morgan fingerprint density at radius 3 is 2.38 bits per heavy atom. The van der Waals surface area contributed by atoms with E-state index in [0.29, 0.717) is 17.2 Å². The number of hydrogen-bond donors (Lipinski definition) is 2. The molecule has 0 spiro atoms. The molecule has 0 unspecified atom stereocenters. The summed E-state index contributed by atoms with van der Waals surface area (Å²) in [4.78, 5) is 12.5. The van der Waals surface area contributed by atoms with Gasteiger partial charge in [-0.3, -0.25) is 4.79 Å². The van der Waals surface area contributed by atoms with E-state index in [0.717, 1.165) is 0 Å². The minimum atomic E-state index is -3.59. The maximum atomic E-state index is 12.5. The van der Waals surface area contributed by atoms with E-state index in [1.807, 2.05) is 0 Å². The minimum Gasteiger partial charge on any atom is -0.493 e. The Bertz CT molecular complexity index is 849. The highest BCUT2D eigenvalue weighted by Crippen LogP contribution is 2.31. The topological polar surface area (TPSA) is 93.7 Å². The summed E-state index contributed by atoms with van der Waals surface area (Å²) < 4.78 is 36.3. The molecule has 8 heteroatoms. The lowest BCUT2D eigenvalue weighted by atomic mass is 10.1. The smallest absolute Gasteiger partial charge is 0.259 e. The Morgan fingerprint density at radius 2 is 1.75 bits per heavy atom. The third-order valence-electron chi connectivity index (χ3n) is 3.32. The zero-order chi connectivity index (χ0) is 17.7. The number of anilines is 1. The van der Waals surface area contributed by atoms with Crippen molar-refractivity contribution in [2.45, 2.75) is 4.90 Å². The second-order valence-electron chi connectivity index (χ2n) is 4.73. The number of ether oxygens (including phenoxy) is 2. The summed E-state index contributed by atoms with van der Waals surface area (Å²) in [7, 11) is 0.648. The number of benzene rings is 2. The second kappa shape index (κ2) is 7.33. The fourth-order valence-electron chi connectivity index (χ4n) is 2.12. The Kier molecular flexibility index (Phi) is 5.42. The summed E-state index contributed by atoms with van der Waals surface area (Å²) in [6, 6.07) is 10.9. The number of sulfonamides is 1. The van der Waals surface area contributed by atoms with Gasteiger partial charge in [-0.05, 0) is 37.4 Å². The summed E-state index contributed by atoms with van der Waals surface area (Å²) in [5.74, 6) is 0.290. The molecular formula is C16H18N2O5S. The molecule has 1 amide bonds. The lowest BCUT2D eigenvalue weighted by molar-refractivity contribution is 0.102. The summed E-state index contributed by atoms with van der Waals surface area (Å²) >= 11 is 0. The van der Waals surface area contributed by atoms with Crippen LogP contribution in [0.15, 0.2) is 47.4 Å². The van der Waals surface area contributed by atoms with Crippen LogP contribution in [-0.4, -0.2) is 35.6 Å². The Balaban J connectivity index is 2.33. The zero-order valence-corrected chi connectivity index (χ0v) is 14.3. The number of nitrogens with one attached hydrogen (secondary N) is 2. The average Bonchev–Trinajstić information content (AvgIpc) is 2.61. The van der Waals surface area contributed by atoms with Crippen LogP contribution in [0.4, 0.5) is 5.69 Å². The molecule has 2 N–H and O–H groups in total. The molecule has 0 bridgehead atoms. The number of rotatable bonds is 6. The number of methoxy groups -OCH3 is 2. The SMILES string of the molecule is CNS(=O)(=O)c1cccc(NC(=O)c2cccc(OC)c2OC)c1. The highest BCUT2D eigenvalue weighted by atomic mass is 32.2. The number of carbonyl (C=O) groups excluding carboxylic acids is 1. The first-order valence-corrected chi connectivity index (χ1v) is 8.47. The molecule has 0 fully saturated rings. The van der Waals surface area contributed by atoms with E-state index in [9.17, 15) is 13.2 Å². The normalized spacial score (nSPS) is 11.0. The van der Waals surface area contributed by atoms with Gasteiger partial charge in [0.25, 0.3) is 5.91 Å². The zero-order valence-electron chi connectivity index (χ0n) is 13.5. The van der Waals surface area contributed by atoms with E-state index in [1.54, 1.807) is 30.3 Å². The maximum absolute atomic E-state index is 12.5. The number of amides is 1. The third kappa shape index (κ3) is 3.66. The van der Waals surface area contributed by atoms with Crippen molar-refractivity contribution in [2.75, 3.05) is 26.6 Å². The first kappa shape index (κ1) is 17.8. The van der Waals surface area contributed by atoms with E-state index < -0.39 is 15.9 Å². The molecule has 0 aliphatic carbocycles. The maximum Gasteiger partial charge on any atom is 0.259 e. The van der Waals surface area contributed by atoms with Gasteiger partial charge in [0.2, 0.25) is 10.0 Å². The summed E-state index contributed by atoms with van der Waals surface area (Å²) in [6.45, 7) is 0. The van der Waals surface area contributed by atoms with Crippen molar-refractivity contribution in [3.05, 3.63) is 48.0 Å². The van der Waals surface area contributed by atoms with Crippen LogP contribution in [0, 0.1) is 0 Å². The highest BCUT2D eigenvalue weighted by Gasteiger charge is 2.17. The van der Waals surface area contributed by atoms with Crippen LogP contribution in [-0.2, 0) is 10.0 Å². The molecule has 0 saturated carbocycles.